The van der Waals surface area contributed by atoms with Crippen molar-refractivity contribution in [3.63, 3.8) is 0 Å². The number of hydrogen-bond acceptors (Lipinski definition) is 7. The van der Waals surface area contributed by atoms with E-state index < -0.39 is 5.97 Å². The zero-order valence-corrected chi connectivity index (χ0v) is 16.1. The molecular weight excluding hydrogens is 376 g/mol. The summed E-state index contributed by atoms with van der Waals surface area (Å²) in [5, 5.41) is 0. The molecule has 0 atom stereocenters. The molecule has 29 heavy (non-hydrogen) atoms. The van der Waals surface area contributed by atoms with E-state index in [-0.39, 0.29) is 24.8 Å². The zero-order valence-electron chi connectivity index (χ0n) is 16.1. The van der Waals surface area contributed by atoms with Gasteiger partial charge in [-0.05, 0) is 36.4 Å². The molecule has 0 saturated carbocycles. The maximum Gasteiger partial charge on any atom is 0.344 e. The molecule has 7 nitrogen and oxygen atoms in total. The van der Waals surface area contributed by atoms with Crippen molar-refractivity contribution in [1.82, 2.24) is 0 Å². The van der Waals surface area contributed by atoms with Gasteiger partial charge in [0.25, 0.3) is 0 Å². The van der Waals surface area contributed by atoms with Gasteiger partial charge in [-0.25, -0.2) is 4.79 Å². The van der Waals surface area contributed by atoms with Crippen LogP contribution in [0.4, 0.5) is 0 Å². The Balaban J connectivity index is 1.78. The van der Waals surface area contributed by atoms with Crippen LogP contribution in [0.25, 0.3) is 6.08 Å². The Morgan fingerprint density at radius 1 is 1.10 bits per heavy atom. The third-order valence-electron chi connectivity index (χ3n) is 4.08. The van der Waals surface area contributed by atoms with Gasteiger partial charge in [-0.15, -0.1) is 0 Å². The average Bonchev–Trinajstić information content (AvgIpc) is 3.05. The maximum atomic E-state index is 12.7. The Bertz CT molecular complexity index is 975. The Morgan fingerprint density at radius 3 is 2.62 bits per heavy atom. The first kappa shape index (κ1) is 20.0. The van der Waals surface area contributed by atoms with Crippen molar-refractivity contribution in [2.75, 3.05) is 27.4 Å². The van der Waals surface area contributed by atoms with Crippen molar-refractivity contribution < 1.29 is 33.3 Å². The standard InChI is InChI=1S/C22H20O7/c1-4-9-27-21(23)13-28-16-5-7-17-19(12-16)29-20(22(17)24)11-14-10-15(25-2)6-8-18(14)26-3/h4-8,10-12H,1,9,13H2,2-3H3. The molecule has 0 fully saturated rings. The van der Waals surface area contributed by atoms with Gasteiger partial charge < -0.3 is 23.7 Å². The van der Waals surface area contributed by atoms with Crippen molar-refractivity contribution in [2.45, 2.75) is 0 Å². The van der Waals surface area contributed by atoms with Crippen LogP contribution in [0.3, 0.4) is 0 Å². The summed E-state index contributed by atoms with van der Waals surface area (Å²) in [5.74, 6) is 1.30. The molecule has 0 saturated heterocycles. The van der Waals surface area contributed by atoms with Crippen LogP contribution in [0, 0.1) is 0 Å². The summed E-state index contributed by atoms with van der Waals surface area (Å²) in [7, 11) is 3.10. The van der Waals surface area contributed by atoms with Crippen molar-refractivity contribution >= 4 is 17.8 Å². The van der Waals surface area contributed by atoms with Crippen molar-refractivity contribution in [3.05, 3.63) is 65.9 Å². The quantitative estimate of drug-likeness (QED) is 0.384. The first-order valence-corrected chi connectivity index (χ1v) is 8.75. The van der Waals surface area contributed by atoms with Gasteiger partial charge in [0.05, 0.1) is 19.8 Å². The average molecular weight is 396 g/mol. The number of Topliss-reactive ketones (excluding diaryl/α,β-unsaturated/α-hetero) is 1. The third kappa shape index (κ3) is 4.57. The number of fused-ring (bicyclic) bond motifs is 1. The lowest BCUT2D eigenvalue weighted by molar-refractivity contribution is -0.144. The molecule has 0 spiro atoms. The predicted molar refractivity (Wildman–Crippen MR) is 106 cm³/mol. The molecule has 3 rings (SSSR count). The zero-order chi connectivity index (χ0) is 20.8. The van der Waals surface area contributed by atoms with Gasteiger partial charge in [0.2, 0.25) is 5.78 Å². The number of esters is 1. The lowest BCUT2D eigenvalue weighted by atomic mass is 10.1. The number of carbonyl (C=O) groups is 2. The highest BCUT2D eigenvalue weighted by Gasteiger charge is 2.28. The number of methoxy groups -OCH3 is 2. The van der Waals surface area contributed by atoms with E-state index in [2.05, 4.69) is 6.58 Å². The lowest BCUT2D eigenvalue weighted by Gasteiger charge is -2.08. The summed E-state index contributed by atoms with van der Waals surface area (Å²) >= 11 is 0. The minimum Gasteiger partial charge on any atom is -0.497 e. The van der Waals surface area contributed by atoms with E-state index in [1.807, 2.05) is 0 Å². The second kappa shape index (κ2) is 8.97. The summed E-state index contributed by atoms with van der Waals surface area (Å²) in [6.07, 6.45) is 3.06. The van der Waals surface area contributed by atoms with Crippen LogP contribution >= 0.6 is 0 Å². The van der Waals surface area contributed by atoms with E-state index in [0.717, 1.165) is 0 Å². The van der Waals surface area contributed by atoms with E-state index >= 15 is 0 Å². The molecule has 0 bridgehead atoms. The van der Waals surface area contributed by atoms with Crippen LogP contribution in [0.5, 0.6) is 23.0 Å². The van der Waals surface area contributed by atoms with E-state index in [1.165, 1.54) is 6.08 Å². The monoisotopic (exact) mass is 396 g/mol. The summed E-state index contributed by atoms with van der Waals surface area (Å²) in [6, 6.07) is 9.99. The van der Waals surface area contributed by atoms with Crippen LogP contribution in [0.2, 0.25) is 0 Å². The van der Waals surface area contributed by atoms with Crippen LogP contribution in [-0.2, 0) is 9.53 Å². The third-order valence-corrected chi connectivity index (χ3v) is 4.08. The van der Waals surface area contributed by atoms with Crippen LogP contribution < -0.4 is 18.9 Å². The van der Waals surface area contributed by atoms with Gasteiger partial charge in [0, 0.05) is 11.6 Å². The molecule has 0 unspecified atom stereocenters. The van der Waals surface area contributed by atoms with Gasteiger partial charge in [0.1, 0.15) is 29.6 Å². The number of rotatable bonds is 8. The number of carbonyl (C=O) groups excluding carboxylic acids is 2. The molecule has 2 aromatic carbocycles. The van der Waals surface area contributed by atoms with Crippen LogP contribution in [-0.4, -0.2) is 39.2 Å². The molecule has 0 amide bonds. The maximum absolute atomic E-state index is 12.7. The molecule has 1 heterocycles. The van der Waals surface area contributed by atoms with Gasteiger partial charge in [-0.2, -0.15) is 0 Å². The number of benzene rings is 2. The van der Waals surface area contributed by atoms with E-state index in [4.69, 9.17) is 23.7 Å². The molecule has 0 aromatic heterocycles. The Labute approximate surface area is 168 Å². The predicted octanol–water partition coefficient (Wildman–Crippen LogP) is 3.43. The van der Waals surface area contributed by atoms with E-state index in [0.29, 0.717) is 34.1 Å². The Kier molecular flexibility index (Phi) is 6.19. The van der Waals surface area contributed by atoms with E-state index in [9.17, 15) is 9.59 Å². The summed E-state index contributed by atoms with van der Waals surface area (Å²) in [5.41, 5.74) is 1.05. The van der Waals surface area contributed by atoms with Gasteiger partial charge >= 0.3 is 5.97 Å². The highest BCUT2D eigenvalue weighted by atomic mass is 16.6. The molecule has 2 aromatic rings. The molecular formula is C22H20O7. The molecule has 150 valence electrons. The van der Waals surface area contributed by atoms with Gasteiger partial charge in [-0.1, -0.05) is 12.7 Å². The highest BCUT2D eigenvalue weighted by molar-refractivity contribution is 6.14. The molecule has 0 radical (unpaired) electrons. The molecule has 0 aliphatic carbocycles. The first-order chi connectivity index (χ1) is 14.0. The molecule has 1 aliphatic heterocycles. The van der Waals surface area contributed by atoms with Gasteiger partial charge in [0.15, 0.2) is 12.4 Å². The molecule has 0 N–H and O–H groups in total. The normalized spacial score (nSPS) is 13.4. The smallest absolute Gasteiger partial charge is 0.344 e. The van der Waals surface area contributed by atoms with Crippen LogP contribution in [0.1, 0.15) is 15.9 Å². The first-order valence-electron chi connectivity index (χ1n) is 8.75. The summed E-state index contributed by atoms with van der Waals surface area (Å²) in [4.78, 5) is 24.2. The second-order valence-electron chi connectivity index (χ2n) is 5.97. The number of ketones is 1. The highest BCUT2D eigenvalue weighted by Crippen LogP contribution is 2.36. The summed E-state index contributed by atoms with van der Waals surface area (Å²) < 4.78 is 26.5. The van der Waals surface area contributed by atoms with E-state index in [1.54, 1.807) is 56.7 Å². The lowest BCUT2D eigenvalue weighted by Crippen LogP contribution is -2.14. The van der Waals surface area contributed by atoms with Gasteiger partial charge in [-0.3, -0.25) is 4.79 Å². The largest absolute Gasteiger partial charge is 0.497 e. The van der Waals surface area contributed by atoms with Crippen molar-refractivity contribution in [1.29, 1.82) is 0 Å². The number of hydrogen-bond donors (Lipinski definition) is 0. The Morgan fingerprint density at radius 2 is 1.90 bits per heavy atom. The fourth-order valence-corrected chi connectivity index (χ4v) is 2.69. The molecule has 7 heteroatoms. The Hall–Kier alpha value is -3.74. The number of allylic oxidation sites excluding steroid dienone is 1. The van der Waals surface area contributed by atoms with Crippen molar-refractivity contribution in [3.8, 4) is 23.0 Å². The fourth-order valence-electron chi connectivity index (χ4n) is 2.69. The minimum absolute atomic E-state index is 0.117. The fraction of sp³-hybridized carbons (Fsp3) is 0.182. The second-order valence-corrected chi connectivity index (χ2v) is 5.97. The number of ether oxygens (including phenoxy) is 5. The summed E-state index contributed by atoms with van der Waals surface area (Å²) in [6.45, 7) is 3.33. The van der Waals surface area contributed by atoms with Crippen LogP contribution in [0.15, 0.2) is 54.8 Å². The topological polar surface area (TPSA) is 80.3 Å². The molecule has 1 aliphatic rings. The van der Waals surface area contributed by atoms with Crippen molar-refractivity contribution in [2.24, 2.45) is 0 Å². The SMILES string of the molecule is C=CCOC(=O)COc1ccc2c(c1)OC(=Cc1cc(OC)ccc1OC)C2=O. The minimum atomic E-state index is -0.520.